The topological polar surface area (TPSA) is 74.8 Å². The lowest BCUT2D eigenvalue weighted by atomic mass is 10.1. The Hall–Kier alpha value is -2.55. The second kappa shape index (κ2) is 13.6. The van der Waals surface area contributed by atoms with E-state index in [9.17, 15) is 4.79 Å². The van der Waals surface area contributed by atoms with Crippen LogP contribution in [0.3, 0.4) is 0 Å². The Morgan fingerprint density at radius 3 is 2.69 bits per heavy atom. The van der Waals surface area contributed by atoms with Crippen LogP contribution >= 0.6 is 24.0 Å². The SMILES string of the molecule is C=CCOc1ccccc1CNC(=NC)NCC(=O)Nc1cccc(CC)c1.I. The number of amides is 1. The maximum atomic E-state index is 12.2. The predicted molar refractivity (Wildman–Crippen MR) is 130 cm³/mol. The largest absolute Gasteiger partial charge is 0.489 e. The van der Waals surface area contributed by atoms with Crippen LogP contribution in [-0.4, -0.2) is 32.1 Å². The molecule has 0 radical (unpaired) electrons. The van der Waals surface area contributed by atoms with Crippen molar-refractivity contribution in [3.63, 3.8) is 0 Å². The minimum absolute atomic E-state index is 0. The number of hydrogen-bond donors (Lipinski definition) is 3. The molecule has 0 aromatic heterocycles. The fraction of sp³-hybridized carbons (Fsp3) is 0.273. The van der Waals surface area contributed by atoms with Crippen LogP contribution in [0.15, 0.2) is 66.2 Å². The molecule has 2 aromatic carbocycles. The number of carbonyl (C=O) groups is 1. The zero-order valence-corrected chi connectivity index (χ0v) is 19.2. The van der Waals surface area contributed by atoms with Gasteiger partial charge in [-0.25, -0.2) is 0 Å². The van der Waals surface area contributed by atoms with E-state index in [2.05, 4.69) is 34.4 Å². The zero-order valence-electron chi connectivity index (χ0n) is 16.9. The van der Waals surface area contributed by atoms with Crippen molar-refractivity contribution in [3.05, 3.63) is 72.3 Å². The quantitative estimate of drug-likeness (QED) is 0.209. The van der Waals surface area contributed by atoms with Crippen LogP contribution in [0, 0.1) is 0 Å². The maximum absolute atomic E-state index is 12.2. The summed E-state index contributed by atoms with van der Waals surface area (Å²) in [5.41, 5.74) is 2.97. The monoisotopic (exact) mass is 508 g/mol. The van der Waals surface area contributed by atoms with Crippen molar-refractivity contribution in [1.29, 1.82) is 0 Å². The fourth-order valence-electron chi connectivity index (χ4n) is 2.58. The molecular weight excluding hydrogens is 479 g/mol. The maximum Gasteiger partial charge on any atom is 0.243 e. The molecule has 0 aliphatic rings. The van der Waals surface area contributed by atoms with E-state index in [1.807, 2.05) is 48.5 Å². The Morgan fingerprint density at radius 2 is 1.97 bits per heavy atom. The predicted octanol–water partition coefficient (Wildman–Crippen LogP) is 3.74. The van der Waals surface area contributed by atoms with Crippen molar-refractivity contribution in [2.75, 3.05) is 25.5 Å². The molecule has 0 bridgehead atoms. The summed E-state index contributed by atoms with van der Waals surface area (Å²) in [5, 5.41) is 9.10. The molecular formula is C22H29IN4O2. The number of aliphatic imine (C=N–C) groups is 1. The number of halogens is 1. The van der Waals surface area contributed by atoms with Crippen LogP contribution < -0.4 is 20.7 Å². The highest BCUT2D eigenvalue weighted by Gasteiger charge is 2.07. The molecule has 0 saturated heterocycles. The van der Waals surface area contributed by atoms with Crippen LogP contribution in [0.25, 0.3) is 0 Å². The van der Waals surface area contributed by atoms with Crippen LogP contribution in [0.1, 0.15) is 18.1 Å². The molecule has 0 heterocycles. The Morgan fingerprint density at radius 1 is 1.17 bits per heavy atom. The molecule has 0 unspecified atom stereocenters. The highest BCUT2D eigenvalue weighted by Crippen LogP contribution is 2.17. The number of nitrogens with one attached hydrogen (secondary N) is 3. The van der Waals surface area contributed by atoms with E-state index in [-0.39, 0.29) is 36.4 Å². The second-order valence-electron chi connectivity index (χ2n) is 6.09. The number of para-hydroxylation sites is 1. The summed E-state index contributed by atoms with van der Waals surface area (Å²) >= 11 is 0. The molecule has 1 amide bonds. The fourth-order valence-corrected chi connectivity index (χ4v) is 2.58. The molecule has 2 aromatic rings. The van der Waals surface area contributed by atoms with E-state index in [1.54, 1.807) is 13.1 Å². The molecule has 0 aliphatic carbocycles. The summed E-state index contributed by atoms with van der Waals surface area (Å²) in [6, 6.07) is 15.6. The van der Waals surface area contributed by atoms with Gasteiger partial charge in [0, 0.05) is 24.8 Å². The van der Waals surface area contributed by atoms with Gasteiger partial charge < -0.3 is 20.7 Å². The Bertz CT molecular complexity index is 824. The van der Waals surface area contributed by atoms with Gasteiger partial charge in [0.05, 0.1) is 6.54 Å². The molecule has 156 valence electrons. The molecule has 7 heteroatoms. The Kier molecular flexibility index (Phi) is 11.5. The molecule has 0 fully saturated rings. The summed E-state index contributed by atoms with van der Waals surface area (Å²) in [6.07, 6.45) is 2.63. The van der Waals surface area contributed by atoms with E-state index in [0.29, 0.717) is 19.1 Å². The minimum Gasteiger partial charge on any atom is -0.489 e. The van der Waals surface area contributed by atoms with Crippen molar-refractivity contribution in [1.82, 2.24) is 10.6 Å². The number of nitrogens with zero attached hydrogens (tertiary/aromatic N) is 1. The van der Waals surface area contributed by atoms with Gasteiger partial charge in [-0.2, -0.15) is 0 Å². The van der Waals surface area contributed by atoms with Gasteiger partial charge in [0.15, 0.2) is 5.96 Å². The van der Waals surface area contributed by atoms with E-state index < -0.39 is 0 Å². The number of anilines is 1. The average Bonchev–Trinajstić information content (AvgIpc) is 2.73. The number of rotatable bonds is 9. The van der Waals surface area contributed by atoms with Gasteiger partial charge in [0.1, 0.15) is 12.4 Å². The molecule has 2 rings (SSSR count). The minimum atomic E-state index is -0.133. The Labute approximate surface area is 189 Å². The van der Waals surface area contributed by atoms with Crippen LogP contribution in [0.4, 0.5) is 5.69 Å². The van der Waals surface area contributed by atoms with Crippen LogP contribution in [0.2, 0.25) is 0 Å². The molecule has 0 spiro atoms. The first-order chi connectivity index (χ1) is 13.7. The zero-order chi connectivity index (χ0) is 20.2. The average molecular weight is 508 g/mol. The van der Waals surface area contributed by atoms with Crippen LogP contribution in [-0.2, 0) is 17.8 Å². The summed E-state index contributed by atoms with van der Waals surface area (Å²) in [4.78, 5) is 16.4. The summed E-state index contributed by atoms with van der Waals surface area (Å²) < 4.78 is 5.65. The summed E-state index contributed by atoms with van der Waals surface area (Å²) in [7, 11) is 1.66. The molecule has 0 saturated carbocycles. The molecule has 3 N–H and O–H groups in total. The first-order valence-corrected chi connectivity index (χ1v) is 9.31. The molecule has 0 aliphatic heterocycles. The number of ether oxygens (including phenoxy) is 1. The van der Waals surface area contributed by atoms with E-state index in [4.69, 9.17) is 4.74 Å². The van der Waals surface area contributed by atoms with Gasteiger partial charge in [0.25, 0.3) is 0 Å². The summed E-state index contributed by atoms with van der Waals surface area (Å²) in [6.45, 7) is 6.83. The molecule has 6 nitrogen and oxygen atoms in total. The van der Waals surface area contributed by atoms with Crippen LogP contribution in [0.5, 0.6) is 5.75 Å². The smallest absolute Gasteiger partial charge is 0.243 e. The first kappa shape index (κ1) is 24.5. The lowest BCUT2D eigenvalue weighted by Crippen LogP contribution is -2.41. The van der Waals surface area contributed by atoms with E-state index in [1.165, 1.54) is 5.56 Å². The highest BCUT2D eigenvalue weighted by atomic mass is 127. The van der Waals surface area contributed by atoms with Crippen molar-refractivity contribution in [2.24, 2.45) is 4.99 Å². The lowest BCUT2D eigenvalue weighted by Gasteiger charge is -2.14. The number of hydrogen-bond acceptors (Lipinski definition) is 3. The van der Waals surface area contributed by atoms with E-state index >= 15 is 0 Å². The highest BCUT2D eigenvalue weighted by molar-refractivity contribution is 14.0. The number of carbonyl (C=O) groups excluding carboxylic acids is 1. The van der Waals surface area contributed by atoms with Gasteiger partial charge in [-0.3, -0.25) is 9.79 Å². The lowest BCUT2D eigenvalue weighted by molar-refractivity contribution is -0.115. The Balaban J connectivity index is 0.00000420. The third-order valence-corrected chi connectivity index (χ3v) is 4.03. The van der Waals surface area contributed by atoms with Gasteiger partial charge in [0.2, 0.25) is 5.91 Å². The molecule has 29 heavy (non-hydrogen) atoms. The van der Waals surface area contributed by atoms with Gasteiger partial charge >= 0.3 is 0 Å². The normalized spacial score (nSPS) is 10.5. The van der Waals surface area contributed by atoms with Gasteiger partial charge in [-0.15, -0.1) is 24.0 Å². The third-order valence-electron chi connectivity index (χ3n) is 4.03. The summed E-state index contributed by atoms with van der Waals surface area (Å²) in [5.74, 6) is 1.20. The molecule has 0 atom stereocenters. The van der Waals surface area contributed by atoms with E-state index in [0.717, 1.165) is 23.4 Å². The number of benzene rings is 2. The van der Waals surface area contributed by atoms with Crippen molar-refractivity contribution in [3.8, 4) is 5.75 Å². The number of aryl methyl sites for hydroxylation is 1. The van der Waals surface area contributed by atoms with Crippen molar-refractivity contribution in [2.45, 2.75) is 19.9 Å². The van der Waals surface area contributed by atoms with Gasteiger partial charge in [-0.05, 0) is 30.2 Å². The van der Waals surface area contributed by atoms with Crippen molar-refractivity contribution >= 4 is 41.5 Å². The third kappa shape index (κ3) is 8.55. The van der Waals surface area contributed by atoms with Gasteiger partial charge in [-0.1, -0.05) is 49.9 Å². The number of guanidine groups is 1. The van der Waals surface area contributed by atoms with Crippen molar-refractivity contribution < 1.29 is 9.53 Å². The second-order valence-corrected chi connectivity index (χ2v) is 6.09. The standard InChI is InChI=1S/C22H28N4O2.HI/c1-4-13-28-20-12-7-6-10-18(20)15-24-22(23-3)25-16-21(27)26-19-11-8-9-17(5-2)14-19;/h4,6-12,14H,1,5,13,15-16H2,2-3H3,(H,26,27)(H2,23,24,25);1H. The first-order valence-electron chi connectivity index (χ1n) is 9.31.